The van der Waals surface area contributed by atoms with Gasteiger partial charge in [0.15, 0.2) is 0 Å². The maximum absolute atomic E-state index is 11.5. The molecule has 0 amide bonds. The van der Waals surface area contributed by atoms with Crippen LogP contribution in [0.4, 0.5) is 22.0 Å². The van der Waals surface area contributed by atoms with Crippen molar-refractivity contribution in [2.45, 2.75) is 16.9 Å². The molecular weight excluding hydrogens is 202 g/mol. The highest BCUT2D eigenvalue weighted by Crippen LogP contribution is 2.38. The van der Waals surface area contributed by atoms with Gasteiger partial charge >= 0.3 is 11.6 Å². The lowest BCUT2D eigenvalue weighted by atomic mass is 10.4. The van der Waals surface area contributed by atoms with Crippen LogP contribution in [-0.4, -0.2) is 16.9 Å². The SMILES string of the molecule is FC(F)(F)C(Cl)C(F)(F)Cl. The van der Waals surface area contributed by atoms with E-state index in [9.17, 15) is 22.0 Å². The molecule has 0 radical (unpaired) electrons. The van der Waals surface area contributed by atoms with Crippen molar-refractivity contribution < 1.29 is 22.0 Å². The zero-order valence-electron chi connectivity index (χ0n) is 4.22. The zero-order chi connectivity index (χ0) is 8.58. The molecule has 0 spiro atoms. The van der Waals surface area contributed by atoms with Gasteiger partial charge in [0, 0.05) is 0 Å². The fourth-order valence-corrected chi connectivity index (χ4v) is 0.309. The Morgan fingerprint density at radius 1 is 1.00 bits per heavy atom. The molecule has 0 aliphatic carbocycles. The van der Waals surface area contributed by atoms with Crippen LogP contribution in [0.2, 0.25) is 0 Å². The Morgan fingerprint density at radius 2 is 1.30 bits per heavy atom. The fraction of sp³-hybridized carbons (Fsp3) is 1.00. The summed E-state index contributed by atoms with van der Waals surface area (Å²) in [6.07, 6.45) is -5.17. The van der Waals surface area contributed by atoms with Gasteiger partial charge in [-0.1, -0.05) is 0 Å². The van der Waals surface area contributed by atoms with E-state index in [2.05, 4.69) is 23.2 Å². The highest BCUT2D eigenvalue weighted by molar-refractivity contribution is 6.31. The molecule has 0 heterocycles. The van der Waals surface area contributed by atoms with Crippen molar-refractivity contribution in [2.75, 3.05) is 0 Å². The summed E-state index contributed by atoms with van der Waals surface area (Å²) in [5, 5.41) is -7.78. The van der Waals surface area contributed by atoms with E-state index in [1.807, 2.05) is 0 Å². The molecule has 0 nitrogen and oxygen atoms in total. The van der Waals surface area contributed by atoms with Crippen molar-refractivity contribution in [3.05, 3.63) is 0 Å². The lowest BCUT2D eigenvalue weighted by Gasteiger charge is -2.17. The van der Waals surface area contributed by atoms with E-state index >= 15 is 0 Å². The lowest BCUT2D eigenvalue weighted by Crippen LogP contribution is -2.36. The first-order chi connectivity index (χ1) is 4.15. The average molecular weight is 203 g/mol. The molecule has 0 aliphatic rings. The molecule has 0 fully saturated rings. The summed E-state index contributed by atoms with van der Waals surface area (Å²) in [4.78, 5) is 0. The Hall–Kier alpha value is 0.230. The second-order valence-corrected chi connectivity index (χ2v) is 2.39. The van der Waals surface area contributed by atoms with Crippen molar-refractivity contribution in [3.8, 4) is 0 Å². The van der Waals surface area contributed by atoms with Gasteiger partial charge in [-0.15, -0.1) is 11.6 Å². The van der Waals surface area contributed by atoms with E-state index in [0.29, 0.717) is 0 Å². The molecule has 0 saturated heterocycles. The highest BCUT2D eigenvalue weighted by Gasteiger charge is 2.53. The van der Waals surface area contributed by atoms with E-state index in [4.69, 9.17) is 0 Å². The predicted octanol–water partition coefficient (Wildman–Crippen LogP) is 2.99. The third kappa shape index (κ3) is 2.88. The average Bonchev–Trinajstić information content (AvgIpc) is 1.59. The van der Waals surface area contributed by atoms with Crippen molar-refractivity contribution in [3.63, 3.8) is 0 Å². The number of rotatable bonds is 1. The van der Waals surface area contributed by atoms with E-state index in [1.165, 1.54) is 0 Å². The predicted molar refractivity (Wildman–Crippen MR) is 26.5 cm³/mol. The maximum Gasteiger partial charge on any atom is 0.412 e. The molecule has 10 heavy (non-hydrogen) atoms. The summed E-state index contributed by atoms with van der Waals surface area (Å²) in [5.41, 5.74) is 0. The molecule has 0 rings (SSSR count). The maximum atomic E-state index is 11.5. The molecule has 62 valence electrons. The van der Waals surface area contributed by atoms with Crippen LogP contribution in [0.15, 0.2) is 0 Å². The molecule has 0 bridgehead atoms. The largest absolute Gasteiger partial charge is 0.412 e. The third-order valence-electron chi connectivity index (χ3n) is 0.575. The molecule has 0 aromatic heterocycles. The van der Waals surface area contributed by atoms with Crippen molar-refractivity contribution >= 4 is 23.2 Å². The number of halogens is 7. The van der Waals surface area contributed by atoms with Crippen LogP contribution < -0.4 is 0 Å². The van der Waals surface area contributed by atoms with Crippen LogP contribution >= 0.6 is 23.2 Å². The van der Waals surface area contributed by atoms with Gasteiger partial charge in [-0.2, -0.15) is 22.0 Å². The van der Waals surface area contributed by atoms with Crippen LogP contribution in [-0.2, 0) is 0 Å². The standard InChI is InChI=1S/C3HCl2F5/c4-1(2(5,6)7)3(8,9)10/h1H. The van der Waals surface area contributed by atoms with Crippen LogP contribution in [0.3, 0.4) is 0 Å². The molecular formula is C3HCl2F5. The third-order valence-corrected chi connectivity index (χ3v) is 1.43. The van der Waals surface area contributed by atoms with Crippen molar-refractivity contribution in [2.24, 2.45) is 0 Å². The van der Waals surface area contributed by atoms with Gasteiger partial charge in [0.25, 0.3) is 0 Å². The van der Waals surface area contributed by atoms with Gasteiger partial charge in [0.2, 0.25) is 5.38 Å². The second kappa shape index (κ2) is 2.70. The van der Waals surface area contributed by atoms with E-state index in [1.54, 1.807) is 0 Å². The normalized spacial score (nSPS) is 17.1. The van der Waals surface area contributed by atoms with Crippen LogP contribution in [0.1, 0.15) is 0 Å². The van der Waals surface area contributed by atoms with Crippen molar-refractivity contribution in [1.82, 2.24) is 0 Å². The first-order valence-corrected chi connectivity index (χ1v) is 2.74. The summed E-state index contributed by atoms with van der Waals surface area (Å²) in [6, 6.07) is 0. The number of alkyl halides is 7. The van der Waals surface area contributed by atoms with Gasteiger partial charge in [0.1, 0.15) is 0 Å². The molecule has 0 aromatic carbocycles. The second-order valence-electron chi connectivity index (χ2n) is 1.45. The van der Waals surface area contributed by atoms with Crippen LogP contribution in [0.25, 0.3) is 0 Å². The molecule has 1 unspecified atom stereocenters. The first-order valence-electron chi connectivity index (χ1n) is 1.93. The monoisotopic (exact) mass is 202 g/mol. The van der Waals surface area contributed by atoms with Gasteiger partial charge in [-0.25, -0.2) is 0 Å². The Kier molecular flexibility index (Phi) is 2.76. The topological polar surface area (TPSA) is 0 Å². The Bertz CT molecular complexity index is 99.0. The first kappa shape index (κ1) is 10.2. The minimum absolute atomic E-state index is 3.33. The molecule has 0 aliphatic heterocycles. The van der Waals surface area contributed by atoms with E-state index in [-0.39, 0.29) is 0 Å². The Balaban J connectivity index is 4.23. The van der Waals surface area contributed by atoms with Gasteiger partial charge < -0.3 is 0 Å². The quantitative estimate of drug-likeness (QED) is 0.453. The summed E-state index contributed by atoms with van der Waals surface area (Å²) >= 11 is 8.21. The van der Waals surface area contributed by atoms with E-state index in [0.717, 1.165) is 0 Å². The highest BCUT2D eigenvalue weighted by atomic mass is 35.5. The molecule has 0 N–H and O–H groups in total. The zero-order valence-corrected chi connectivity index (χ0v) is 5.73. The number of hydrogen-bond donors (Lipinski definition) is 0. The summed E-state index contributed by atoms with van der Waals surface area (Å²) < 4.78 is 56.8. The molecule has 0 aromatic rings. The van der Waals surface area contributed by atoms with Gasteiger partial charge in [0.05, 0.1) is 0 Å². The van der Waals surface area contributed by atoms with Gasteiger partial charge in [-0.05, 0) is 11.6 Å². The summed E-state index contributed by atoms with van der Waals surface area (Å²) in [5.74, 6) is 0. The van der Waals surface area contributed by atoms with Crippen molar-refractivity contribution in [1.29, 1.82) is 0 Å². The molecule has 0 saturated carbocycles. The summed E-state index contributed by atoms with van der Waals surface area (Å²) in [7, 11) is 0. The lowest BCUT2D eigenvalue weighted by molar-refractivity contribution is -0.162. The minimum Gasteiger partial charge on any atom is -0.186 e. The Morgan fingerprint density at radius 3 is 1.30 bits per heavy atom. The Labute approximate surface area is 62.9 Å². The van der Waals surface area contributed by atoms with Gasteiger partial charge in [-0.3, -0.25) is 0 Å². The van der Waals surface area contributed by atoms with Crippen LogP contribution in [0.5, 0.6) is 0 Å². The molecule has 7 heteroatoms. The smallest absolute Gasteiger partial charge is 0.186 e. The van der Waals surface area contributed by atoms with Crippen LogP contribution in [0, 0.1) is 0 Å². The minimum atomic E-state index is -5.17. The number of hydrogen-bond acceptors (Lipinski definition) is 0. The van der Waals surface area contributed by atoms with E-state index < -0.39 is 16.9 Å². The molecule has 1 atom stereocenters. The summed E-state index contributed by atoms with van der Waals surface area (Å²) in [6.45, 7) is 0. The fourth-order valence-electron chi connectivity index (χ4n) is 0.186.